The Morgan fingerprint density at radius 3 is 2.54 bits per heavy atom. The maximum absolute atomic E-state index is 11.1. The molecule has 0 aliphatic rings. The molecule has 4 rings (SSSR count). The first-order valence-corrected chi connectivity index (χ1v) is 8.61. The molecule has 4 aromatic rings. The Kier molecular flexibility index (Phi) is 4.59. The van der Waals surface area contributed by atoms with Gasteiger partial charge in [0.15, 0.2) is 0 Å². The molecule has 0 aliphatic carbocycles. The zero-order valence-corrected chi connectivity index (χ0v) is 15.0. The number of anilines is 2. The maximum Gasteiger partial charge on any atom is 0.270 e. The van der Waals surface area contributed by atoms with Crippen LogP contribution in [-0.4, -0.2) is 24.9 Å². The van der Waals surface area contributed by atoms with Crippen molar-refractivity contribution in [1.82, 2.24) is 19.9 Å². The standard InChI is InChI=1S/C20H16N6O2/c1-13-10-22-16(11-21-13)8-14-2-4-15(5-3-14)25-20-18-9-17(26(27)28)6-7-19(18)23-12-24-20/h2-7,9-12H,8H2,1H3,(H,23,24,25). The number of aromatic nitrogens is 4. The summed E-state index contributed by atoms with van der Waals surface area (Å²) in [5.41, 5.74) is 4.36. The van der Waals surface area contributed by atoms with E-state index in [2.05, 4.69) is 25.3 Å². The molecule has 0 unspecified atom stereocenters. The highest BCUT2D eigenvalue weighted by Gasteiger charge is 2.11. The normalized spacial score (nSPS) is 10.8. The van der Waals surface area contributed by atoms with Crippen LogP contribution < -0.4 is 5.32 Å². The number of nitrogens with one attached hydrogen (secondary N) is 1. The summed E-state index contributed by atoms with van der Waals surface area (Å²) in [5.74, 6) is 0.519. The van der Waals surface area contributed by atoms with Crippen LogP contribution in [0.1, 0.15) is 17.0 Å². The Balaban J connectivity index is 1.56. The summed E-state index contributed by atoms with van der Waals surface area (Å²) in [4.78, 5) is 27.7. The average Bonchev–Trinajstić information content (AvgIpc) is 2.71. The van der Waals surface area contributed by atoms with Gasteiger partial charge in [-0.3, -0.25) is 20.1 Å². The van der Waals surface area contributed by atoms with Crippen molar-refractivity contribution in [3.63, 3.8) is 0 Å². The first-order chi connectivity index (χ1) is 13.6. The highest BCUT2D eigenvalue weighted by Crippen LogP contribution is 2.26. The van der Waals surface area contributed by atoms with Crippen molar-refractivity contribution in [2.45, 2.75) is 13.3 Å². The minimum Gasteiger partial charge on any atom is -0.340 e. The first kappa shape index (κ1) is 17.5. The van der Waals surface area contributed by atoms with Gasteiger partial charge in [-0.25, -0.2) is 9.97 Å². The van der Waals surface area contributed by atoms with Crippen LogP contribution in [0.5, 0.6) is 0 Å². The number of rotatable bonds is 5. The van der Waals surface area contributed by atoms with Crippen molar-refractivity contribution in [3.8, 4) is 0 Å². The van der Waals surface area contributed by atoms with Crippen molar-refractivity contribution in [2.24, 2.45) is 0 Å². The van der Waals surface area contributed by atoms with E-state index in [-0.39, 0.29) is 5.69 Å². The van der Waals surface area contributed by atoms with Crippen molar-refractivity contribution < 1.29 is 4.92 Å². The summed E-state index contributed by atoms with van der Waals surface area (Å²) in [5, 5.41) is 14.9. The van der Waals surface area contributed by atoms with E-state index in [4.69, 9.17) is 0 Å². The Morgan fingerprint density at radius 2 is 1.82 bits per heavy atom. The molecule has 138 valence electrons. The lowest BCUT2D eigenvalue weighted by Gasteiger charge is -2.09. The maximum atomic E-state index is 11.1. The largest absolute Gasteiger partial charge is 0.340 e. The number of nitro groups is 1. The van der Waals surface area contributed by atoms with Crippen molar-refractivity contribution >= 4 is 28.1 Å². The number of hydrogen-bond donors (Lipinski definition) is 1. The number of hydrogen-bond acceptors (Lipinski definition) is 7. The van der Waals surface area contributed by atoms with Gasteiger partial charge >= 0.3 is 0 Å². The predicted octanol–water partition coefficient (Wildman–Crippen LogP) is 3.97. The number of non-ortho nitro benzene ring substituents is 1. The summed E-state index contributed by atoms with van der Waals surface area (Å²) in [7, 11) is 0. The zero-order valence-electron chi connectivity index (χ0n) is 15.0. The molecule has 0 saturated carbocycles. The molecular formula is C20H16N6O2. The van der Waals surface area contributed by atoms with Gasteiger partial charge in [0.2, 0.25) is 0 Å². The molecule has 0 aliphatic heterocycles. The van der Waals surface area contributed by atoms with E-state index in [1.807, 2.05) is 31.2 Å². The van der Waals surface area contributed by atoms with Gasteiger partial charge in [-0.15, -0.1) is 0 Å². The van der Waals surface area contributed by atoms with Gasteiger partial charge in [-0.1, -0.05) is 12.1 Å². The van der Waals surface area contributed by atoms with Crippen LogP contribution >= 0.6 is 0 Å². The number of aryl methyl sites for hydroxylation is 1. The fourth-order valence-electron chi connectivity index (χ4n) is 2.82. The molecule has 2 aromatic carbocycles. The van der Waals surface area contributed by atoms with Gasteiger partial charge in [-0.05, 0) is 30.7 Å². The third-order valence-corrected chi connectivity index (χ3v) is 4.27. The van der Waals surface area contributed by atoms with Crippen LogP contribution in [0.15, 0.2) is 61.2 Å². The van der Waals surface area contributed by atoms with Gasteiger partial charge in [0.25, 0.3) is 5.69 Å². The monoisotopic (exact) mass is 372 g/mol. The minimum absolute atomic E-state index is 0.0000877. The molecule has 0 amide bonds. The SMILES string of the molecule is Cc1cnc(Cc2ccc(Nc3ncnc4ccc([N+](=O)[O-])cc34)cc2)cn1. The lowest BCUT2D eigenvalue weighted by molar-refractivity contribution is -0.384. The molecule has 8 heteroatoms. The van der Waals surface area contributed by atoms with Crippen LogP contribution in [-0.2, 0) is 6.42 Å². The minimum atomic E-state index is -0.432. The van der Waals surface area contributed by atoms with Crippen molar-refractivity contribution in [2.75, 3.05) is 5.32 Å². The molecule has 0 bridgehead atoms. The lowest BCUT2D eigenvalue weighted by Crippen LogP contribution is -1.98. The van der Waals surface area contributed by atoms with Gasteiger partial charge in [0.05, 0.1) is 21.8 Å². The number of fused-ring (bicyclic) bond motifs is 1. The summed E-state index contributed by atoms with van der Waals surface area (Å²) in [6, 6.07) is 12.4. The first-order valence-electron chi connectivity index (χ1n) is 8.61. The summed E-state index contributed by atoms with van der Waals surface area (Å²) >= 11 is 0. The van der Waals surface area contributed by atoms with E-state index in [0.29, 0.717) is 23.1 Å². The fourth-order valence-corrected chi connectivity index (χ4v) is 2.82. The van der Waals surface area contributed by atoms with E-state index < -0.39 is 4.92 Å². The second-order valence-electron chi connectivity index (χ2n) is 6.33. The van der Waals surface area contributed by atoms with Crippen LogP contribution in [0.4, 0.5) is 17.2 Å². The molecule has 2 aromatic heterocycles. The van der Waals surface area contributed by atoms with E-state index in [9.17, 15) is 10.1 Å². The Labute approximate surface area is 160 Å². The molecule has 1 N–H and O–H groups in total. The Morgan fingerprint density at radius 1 is 1.00 bits per heavy atom. The van der Waals surface area contributed by atoms with E-state index in [0.717, 1.165) is 22.6 Å². The molecule has 2 heterocycles. The van der Waals surface area contributed by atoms with Crippen molar-refractivity contribution in [1.29, 1.82) is 0 Å². The second-order valence-corrected chi connectivity index (χ2v) is 6.33. The van der Waals surface area contributed by atoms with Crippen molar-refractivity contribution in [3.05, 3.63) is 88.3 Å². The third-order valence-electron chi connectivity index (χ3n) is 4.27. The third kappa shape index (κ3) is 3.75. The molecule has 0 radical (unpaired) electrons. The van der Waals surface area contributed by atoms with Crippen LogP contribution in [0.2, 0.25) is 0 Å². The number of benzene rings is 2. The Bertz CT molecular complexity index is 1140. The molecule has 0 saturated heterocycles. The van der Waals surface area contributed by atoms with E-state index in [1.165, 1.54) is 18.5 Å². The smallest absolute Gasteiger partial charge is 0.270 e. The molecule has 28 heavy (non-hydrogen) atoms. The fraction of sp³-hybridized carbons (Fsp3) is 0.100. The topological polar surface area (TPSA) is 107 Å². The van der Waals surface area contributed by atoms with Crippen LogP contribution in [0.25, 0.3) is 10.9 Å². The van der Waals surface area contributed by atoms with E-state index >= 15 is 0 Å². The summed E-state index contributed by atoms with van der Waals surface area (Å²) in [6.45, 7) is 1.91. The van der Waals surface area contributed by atoms with Gasteiger partial charge in [0, 0.05) is 42.0 Å². The summed E-state index contributed by atoms with van der Waals surface area (Å²) < 4.78 is 0. The number of nitrogens with zero attached hydrogens (tertiary/aromatic N) is 5. The quantitative estimate of drug-likeness (QED) is 0.417. The van der Waals surface area contributed by atoms with Crippen LogP contribution in [0.3, 0.4) is 0 Å². The molecule has 0 spiro atoms. The van der Waals surface area contributed by atoms with Gasteiger partial charge < -0.3 is 5.32 Å². The van der Waals surface area contributed by atoms with Crippen LogP contribution in [0, 0.1) is 17.0 Å². The molecule has 8 nitrogen and oxygen atoms in total. The number of nitro benzene ring substituents is 1. The second kappa shape index (κ2) is 7.36. The molecular weight excluding hydrogens is 356 g/mol. The Hall–Kier alpha value is -3.94. The van der Waals surface area contributed by atoms with Gasteiger partial charge in [-0.2, -0.15) is 0 Å². The average molecular weight is 372 g/mol. The molecule has 0 atom stereocenters. The van der Waals surface area contributed by atoms with E-state index in [1.54, 1.807) is 18.5 Å². The van der Waals surface area contributed by atoms with Gasteiger partial charge in [0.1, 0.15) is 12.1 Å². The zero-order chi connectivity index (χ0) is 19.5. The molecule has 0 fully saturated rings. The highest BCUT2D eigenvalue weighted by atomic mass is 16.6. The summed E-state index contributed by atoms with van der Waals surface area (Å²) in [6.07, 6.45) is 5.66. The lowest BCUT2D eigenvalue weighted by atomic mass is 10.1. The highest BCUT2D eigenvalue weighted by molar-refractivity contribution is 5.92. The predicted molar refractivity (Wildman–Crippen MR) is 105 cm³/mol.